The van der Waals surface area contributed by atoms with E-state index in [9.17, 15) is 13.2 Å². The van der Waals surface area contributed by atoms with Crippen LogP contribution in [0.3, 0.4) is 0 Å². The maximum absolute atomic E-state index is 13.3. The number of imidazole rings is 1. The van der Waals surface area contributed by atoms with Crippen molar-refractivity contribution in [1.82, 2.24) is 19.4 Å². The van der Waals surface area contributed by atoms with Crippen molar-refractivity contribution < 1.29 is 17.9 Å². The molecule has 4 heterocycles. The van der Waals surface area contributed by atoms with Gasteiger partial charge in [-0.05, 0) is 18.9 Å². The van der Waals surface area contributed by atoms with Crippen LogP contribution >= 0.6 is 0 Å². The first-order chi connectivity index (χ1) is 13.9. The second kappa shape index (κ2) is 5.51. The summed E-state index contributed by atoms with van der Waals surface area (Å²) in [5.41, 5.74) is 5.58. The number of nitrogens with two attached hydrogens (primary N) is 1. The topological polar surface area (TPSA) is 69.2 Å². The van der Waals surface area contributed by atoms with Gasteiger partial charge in [0.1, 0.15) is 11.6 Å². The van der Waals surface area contributed by atoms with Crippen molar-refractivity contribution in [3.8, 4) is 11.3 Å². The first kappa shape index (κ1) is 17.7. The summed E-state index contributed by atoms with van der Waals surface area (Å²) in [6.07, 6.45) is 0.990. The van der Waals surface area contributed by atoms with Gasteiger partial charge < -0.3 is 15.0 Å². The van der Waals surface area contributed by atoms with Gasteiger partial charge in [-0.2, -0.15) is 13.2 Å². The number of methoxy groups -OCH3 is 1. The summed E-state index contributed by atoms with van der Waals surface area (Å²) in [5.74, 6) is 2.20. The minimum absolute atomic E-state index is 0.102. The zero-order chi connectivity index (χ0) is 20.1. The van der Waals surface area contributed by atoms with Gasteiger partial charge in [0.15, 0.2) is 0 Å². The lowest BCUT2D eigenvalue weighted by atomic mass is 10.1. The number of aromatic nitrogens is 3. The molecule has 5 fully saturated rings. The predicted molar refractivity (Wildman–Crippen MR) is 99.0 cm³/mol. The molecule has 29 heavy (non-hydrogen) atoms. The number of rotatable bonds is 6. The molecule has 2 aliphatic heterocycles. The number of halogens is 3. The molecule has 2 aromatic rings. The molecular weight excluding hydrogens is 383 g/mol. The Balaban J connectivity index is 1.36. The first-order valence-electron chi connectivity index (χ1n) is 10.0. The number of piperidine rings is 1. The molecule has 7 rings (SSSR count). The molecule has 154 valence electrons. The Morgan fingerprint density at radius 1 is 1.34 bits per heavy atom. The Bertz CT molecular complexity index is 994. The number of ether oxygens (including phenoxy) is 1. The number of fused-ring (bicyclic) bond motifs is 1. The lowest BCUT2D eigenvalue weighted by Gasteiger charge is -2.17. The Hall–Kier alpha value is -2.13. The van der Waals surface area contributed by atoms with Gasteiger partial charge in [0, 0.05) is 62.0 Å². The predicted octanol–water partition coefficient (Wildman–Crippen LogP) is 2.71. The summed E-state index contributed by atoms with van der Waals surface area (Å²) in [5, 5.41) is 0. The molecule has 0 radical (unpaired) electrons. The minimum atomic E-state index is -4.54. The van der Waals surface area contributed by atoms with Gasteiger partial charge in [0.25, 0.3) is 0 Å². The van der Waals surface area contributed by atoms with E-state index in [1.807, 2.05) is 6.20 Å². The molecule has 3 aliphatic carbocycles. The molecule has 2 bridgehead atoms. The van der Waals surface area contributed by atoms with Gasteiger partial charge in [-0.15, -0.1) is 0 Å². The Morgan fingerprint density at radius 3 is 2.79 bits per heavy atom. The van der Waals surface area contributed by atoms with Crippen molar-refractivity contribution in [3.05, 3.63) is 29.8 Å². The Morgan fingerprint density at radius 2 is 2.14 bits per heavy atom. The van der Waals surface area contributed by atoms with Crippen molar-refractivity contribution in [1.29, 1.82) is 0 Å². The van der Waals surface area contributed by atoms with Crippen LogP contribution in [0.15, 0.2) is 18.5 Å². The number of hydrogen-bond acceptors (Lipinski definition) is 5. The summed E-state index contributed by atoms with van der Waals surface area (Å²) in [6, 6.07) is 1.58. The molecule has 1 unspecified atom stereocenters. The third kappa shape index (κ3) is 2.31. The van der Waals surface area contributed by atoms with Crippen LogP contribution in [-0.4, -0.2) is 52.3 Å². The molecule has 2 aromatic heterocycles. The quantitative estimate of drug-likeness (QED) is 0.800. The number of nitrogens with zero attached hydrogens (tertiary/aromatic N) is 4. The van der Waals surface area contributed by atoms with Crippen LogP contribution in [0.1, 0.15) is 30.1 Å². The van der Waals surface area contributed by atoms with Crippen LogP contribution in [0.25, 0.3) is 11.3 Å². The van der Waals surface area contributed by atoms with E-state index in [1.54, 1.807) is 7.11 Å². The van der Waals surface area contributed by atoms with E-state index in [2.05, 4.69) is 14.5 Å². The third-order valence-electron chi connectivity index (χ3n) is 7.18. The lowest BCUT2D eigenvalue weighted by molar-refractivity contribution is -0.137. The molecule has 5 aliphatic rings. The summed E-state index contributed by atoms with van der Waals surface area (Å²) < 4.78 is 47.3. The fraction of sp³-hybridized carbons (Fsp3) is 0.600. The Kier molecular flexibility index (Phi) is 3.37. The van der Waals surface area contributed by atoms with E-state index in [0.29, 0.717) is 41.7 Å². The van der Waals surface area contributed by atoms with Crippen molar-refractivity contribution in [2.24, 2.45) is 11.8 Å². The van der Waals surface area contributed by atoms with Crippen molar-refractivity contribution in [3.63, 3.8) is 0 Å². The molecule has 9 heteroatoms. The molecule has 2 N–H and O–H groups in total. The molecule has 0 aromatic carbocycles. The highest BCUT2D eigenvalue weighted by Crippen LogP contribution is 2.83. The number of anilines is 1. The SMILES string of the molecule is COCCN1C[C@@H]2[C@@H]3C1[C@@]23n1cc(-c2cnc(N)c(C(F)(F)F)c2)nc1C1CC1. The van der Waals surface area contributed by atoms with E-state index < -0.39 is 17.6 Å². The Labute approximate surface area is 165 Å². The van der Waals surface area contributed by atoms with Crippen LogP contribution in [0.4, 0.5) is 19.0 Å². The molecule has 3 saturated carbocycles. The van der Waals surface area contributed by atoms with Gasteiger partial charge in [-0.3, -0.25) is 4.90 Å². The van der Waals surface area contributed by atoms with E-state index in [4.69, 9.17) is 15.5 Å². The molecule has 4 atom stereocenters. The van der Waals surface area contributed by atoms with Crippen LogP contribution in [0.5, 0.6) is 0 Å². The minimum Gasteiger partial charge on any atom is -0.383 e. The largest absolute Gasteiger partial charge is 0.419 e. The highest BCUT2D eigenvalue weighted by molar-refractivity contribution is 5.63. The number of nitrogen functional groups attached to an aromatic ring is 1. The maximum Gasteiger partial charge on any atom is 0.419 e. The van der Waals surface area contributed by atoms with E-state index in [1.165, 1.54) is 6.20 Å². The lowest BCUT2D eigenvalue weighted by Crippen LogP contribution is -2.29. The van der Waals surface area contributed by atoms with Gasteiger partial charge in [-0.1, -0.05) is 0 Å². The number of hydrogen-bond donors (Lipinski definition) is 1. The third-order valence-corrected chi connectivity index (χ3v) is 7.18. The van der Waals surface area contributed by atoms with Crippen molar-refractivity contribution in [2.75, 3.05) is 32.5 Å². The van der Waals surface area contributed by atoms with Gasteiger partial charge in [0.2, 0.25) is 0 Å². The van der Waals surface area contributed by atoms with Crippen molar-refractivity contribution >= 4 is 5.82 Å². The van der Waals surface area contributed by atoms with Gasteiger partial charge in [0.05, 0.1) is 23.4 Å². The fourth-order valence-corrected chi connectivity index (χ4v) is 5.60. The van der Waals surface area contributed by atoms with Crippen LogP contribution in [-0.2, 0) is 16.5 Å². The van der Waals surface area contributed by atoms with Gasteiger partial charge in [-0.25, -0.2) is 9.97 Å². The number of alkyl halides is 3. The summed E-state index contributed by atoms with van der Waals surface area (Å²) in [6.45, 7) is 2.71. The maximum atomic E-state index is 13.3. The highest BCUT2D eigenvalue weighted by Gasteiger charge is 2.93. The van der Waals surface area contributed by atoms with Crippen LogP contribution < -0.4 is 5.73 Å². The zero-order valence-electron chi connectivity index (χ0n) is 16.0. The van der Waals surface area contributed by atoms with Crippen LogP contribution in [0.2, 0.25) is 0 Å². The molecule has 2 saturated heterocycles. The second-order valence-corrected chi connectivity index (χ2v) is 8.74. The van der Waals surface area contributed by atoms with E-state index in [0.717, 1.165) is 37.8 Å². The average molecular weight is 405 g/mol. The van der Waals surface area contributed by atoms with Gasteiger partial charge >= 0.3 is 6.18 Å². The summed E-state index contributed by atoms with van der Waals surface area (Å²) in [7, 11) is 1.71. The highest BCUT2D eigenvalue weighted by atomic mass is 19.4. The molecule has 0 amide bonds. The molecule has 6 nitrogen and oxygen atoms in total. The standard InChI is InChI=1S/C20H22F3N5O/c1-29-5-4-27-8-13-15-16(27)19(13,15)28-9-14(26-18(28)10-2-3-10)11-6-12(20(21,22)23)17(24)25-7-11/h6-7,9-10,13,15-16H,2-5,8H2,1H3,(H2,24,25)/t13-,15-,16?,19-/m1/s1. The van der Waals surface area contributed by atoms with E-state index in [-0.39, 0.29) is 5.54 Å². The summed E-state index contributed by atoms with van der Waals surface area (Å²) >= 11 is 0. The average Bonchev–Trinajstić information content (AvgIpc) is 3.62. The number of pyridine rings is 1. The first-order valence-corrected chi connectivity index (χ1v) is 10.0. The molecular formula is C20H22F3N5O. The van der Waals surface area contributed by atoms with Crippen LogP contribution in [0, 0.1) is 11.8 Å². The fourth-order valence-electron chi connectivity index (χ4n) is 5.60. The molecule has 0 spiro atoms. The smallest absolute Gasteiger partial charge is 0.383 e. The van der Waals surface area contributed by atoms with E-state index >= 15 is 0 Å². The normalized spacial score (nSPS) is 32.5. The monoisotopic (exact) mass is 405 g/mol. The second-order valence-electron chi connectivity index (χ2n) is 8.74. The van der Waals surface area contributed by atoms with Crippen molar-refractivity contribution in [2.45, 2.75) is 36.5 Å². The summed E-state index contributed by atoms with van der Waals surface area (Å²) in [4.78, 5) is 11.1. The zero-order valence-corrected chi connectivity index (χ0v) is 16.0.